The van der Waals surface area contributed by atoms with Gasteiger partial charge in [0.15, 0.2) is 0 Å². The Morgan fingerprint density at radius 2 is 2.26 bits per heavy atom. The van der Waals surface area contributed by atoms with Crippen LogP contribution >= 0.6 is 11.8 Å². The zero-order chi connectivity index (χ0) is 16.2. The molecule has 1 aliphatic heterocycles. The molecule has 1 aromatic rings. The van der Waals surface area contributed by atoms with Gasteiger partial charge in [-0.1, -0.05) is 13.0 Å². The number of aromatic nitrogens is 2. The molecule has 1 aromatic heterocycles. The second kappa shape index (κ2) is 7.64. The summed E-state index contributed by atoms with van der Waals surface area (Å²) in [6.07, 6.45) is 6.69. The highest BCUT2D eigenvalue weighted by atomic mass is 32.2. The van der Waals surface area contributed by atoms with E-state index < -0.39 is 0 Å². The third-order valence-corrected chi connectivity index (χ3v) is 5.76. The van der Waals surface area contributed by atoms with Crippen LogP contribution < -0.4 is 5.73 Å². The molecule has 6 heteroatoms. The maximum Gasteiger partial charge on any atom is 0.130 e. The van der Waals surface area contributed by atoms with Crippen molar-refractivity contribution in [2.75, 3.05) is 36.9 Å². The summed E-state index contributed by atoms with van der Waals surface area (Å²) in [5.74, 6) is 3.38. The number of nitrogens with two attached hydrogens (primary N) is 1. The summed E-state index contributed by atoms with van der Waals surface area (Å²) >= 11 is 1.98. The Labute approximate surface area is 142 Å². The molecule has 1 fully saturated rings. The van der Waals surface area contributed by atoms with Crippen molar-refractivity contribution in [3.8, 4) is 0 Å². The number of fused-ring (bicyclic) bond motifs is 1. The predicted octanol–water partition coefficient (Wildman–Crippen LogP) is 1.82. The molecule has 1 saturated heterocycles. The molecular weight excluding hydrogens is 308 g/mol. The summed E-state index contributed by atoms with van der Waals surface area (Å²) in [5.41, 5.74) is 9.20. The second-order valence-corrected chi connectivity index (χ2v) is 7.77. The Kier molecular flexibility index (Phi) is 5.56. The van der Waals surface area contributed by atoms with Gasteiger partial charge in [-0.2, -0.15) is 11.8 Å². The molecule has 0 radical (unpaired) electrons. The summed E-state index contributed by atoms with van der Waals surface area (Å²) in [5, 5.41) is 10.3. The first-order chi connectivity index (χ1) is 11.2. The van der Waals surface area contributed by atoms with Crippen molar-refractivity contribution in [3.63, 3.8) is 0 Å². The number of nitrogens with zero attached hydrogens (tertiary/aromatic N) is 3. The molecule has 0 aromatic carbocycles. The minimum atomic E-state index is -0.196. The fraction of sp³-hybridized carbons (Fsp3) is 0.647. The Bertz CT molecular complexity index is 578. The van der Waals surface area contributed by atoms with Crippen LogP contribution in [0.5, 0.6) is 0 Å². The van der Waals surface area contributed by atoms with Crippen molar-refractivity contribution < 1.29 is 5.11 Å². The molecule has 1 unspecified atom stereocenters. The van der Waals surface area contributed by atoms with Gasteiger partial charge in [0.2, 0.25) is 0 Å². The van der Waals surface area contributed by atoms with Crippen LogP contribution in [0.1, 0.15) is 31.0 Å². The highest BCUT2D eigenvalue weighted by molar-refractivity contribution is 7.99. The molecule has 5 nitrogen and oxygen atoms in total. The van der Waals surface area contributed by atoms with Crippen LogP contribution in [0, 0.1) is 5.92 Å². The van der Waals surface area contributed by atoms with Gasteiger partial charge in [-0.15, -0.1) is 0 Å². The number of aliphatic hydroxyl groups excluding tert-OH is 1. The van der Waals surface area contributed by atoms with E-state index in [0.717, 1.165) is 43.7 Å². The van der Waals surface area contributed by atoms with E-state index in [-0.39, 0.29) is 6.10 Å². The van der Waals surface area contributed by atoms with Gasteiger partial charge in [0.25, 0.3) is 0 Å². The van der Waals surface area contributed by atoms with Gasteiger partial charge < -0.3 is 10.8 Å². The van der Waals surface area contributed by atoms with Crippen molar-refractivity contribution in [1.82, 2.24) is 14.9 Å². The van der Waals surface area contributed by atoms with Crippen molar-refractivity contribution >= 4 is 23.2 Å². The average molecular weight is 334 g/mol. The highest BCUT2D eigenvalue weighted by Gasteiger charge is 2.32. The minimum Gasteiger partial charge on any atom is -0.391 e. The normalized spacial score (nSPS) is 24.0. The van der Waals surface area contributed by atoms with Gasteiger partial charge in [-0.25, -0.2) is 9.97 Å². The summed E-state index contributed by atoms with van der Waals surface area (Å²) in [6, 6.07) is 0. The minimum absolute atomic E-state index is 0.196. The molecule has 0 saturated carbocycles. The molecule has 1 aliphatic carbocycles. The summed E-state index contributed by atoms with van der Waals surface area (Å²) < 4.78 is 0. The summed E-state index contributed by atoms with van der Waals surface area (Å²) in [6.45, 7) is 4.78. The topological polar surface area (TPSA) is 75.3 Å². The zero-order valence-electron chi connectivity index (χ0n) is 13.7. The summed E-state index contributed by atoms with van der Waals surface area (Å²) in [7, 11) is 0. The quantitative estimate of drug-likeness (QED) is 0.741. The van der Waals surface area contributed by atoms with Crippen molar-refractivity contribution in [1.29, 1.82) is 0 Å². The standard InChI is InChI=1S/C17H26N4OS/c1-2-23-7-3-4-12-8-21(10-15(12)22)9-13-5-6-14-16(13)19-11-20-17(14)18/h5,11-12,15,22H,2-4,6-10H2,1H3,(H2,18,19,20)/t12?,15-/m0/s1. The first-order valence-corrected chi connectivity index (χ1v) is 9.61. The molecule has 0 spiro atoms. The van der Waals surface area contributed by atoms with Crippen LogP contribution in [-0.4, -0.2) is 57.2 Å². The Hall–Kier alpha value is -1.11. The Balaban J connectivity index is 1.54. The Morgan fingerprint density at radius 3 is 3.09 bits per heavy atom. The van der Waals surface area contributed by atoms with Crippen LogP contribution in [0.25, 0.3) is 5.57 Å². The molecule has 0 amide bonds. The van der Waals surface area contributed by atoms with Crippen molar-refractivity contribution in [3.05, 3.63) is 23.7 Å². The number of thioether (sulfide) groups is 1. The first-order valence-electron chi connectivity index (χ1n) is 8.46. The van der Waals surface area contributed by atoms with Gasteiger partial charge >= 0.3 is 0 Å². The zero-order valence-corrected chi connectivity index (χ0v) is 14.6. The lowest BCUT2D eigenvalue weighted by molar-refractivity contribution is 0.138. The number of aliphatic hydroxyl groups is 1. The number of hydrogen-bond acceptors (Lipinski definition) is 6. The van der Waals surface area contributed by atoms with Crippen LogP contribution in [0.15, 0.2) is 12.4 Å². The number of nitrogen functional groups attached to an aromatic ring is 1. The van der Waals surface area contributed by atoms with E-state index in [2.05, 4.69) is 27.9 Å². The third kappa shape index (κ3) is 3.87. The average Bonchev–Trinajstić information content (AvgIpc) is 3.09. The fourth-order valence-corrected chi connectivity index (χ4v) is 4.21. The lowest BCUT2D eigenvalue weighted by atomic mass is 10.0. The van der Waals surface area contributed by atoms with Crippen molar-refractivity contribution in [2.24, 2.45) is 5.92 Å². The van der Waals surface area contributed by atoms with Crippen LogP contribution in [0.4, 0.5) is 5.82 Å². The lowest BCUT2D eigenvalue weighted by Gasteiger charge is -2.17. The van der Waals surface area contributed by atoms with Crippen LogP contribution in [-0.2, 0) is 6.42 Å². The first kappa shape index (κ1) is 16.7. The maximum atomic E-state index is 10.3. The molecule has 2 heterocycles. The van der Waals surface area contributed by atoms with Gasteiger partial charge in [0.1, 0.15) is 12.1 Å². The van der Waals surface area contributed by atoms with Gasteiger partial charge in [-0.3, -0.25) is 4.90 Å². The van der Waals surface area contributed by atoms with Gasteiger partial charge in [0.05, 0.1) is 11.8 Å². The highest BCUT2D eigenvalue weighted by Crippen LogP contribution is 2.31. The largest absolute Gasteiger partial charge is 0.391 e. The van der Waals surface area contributed by atoms with Crippen LogP contribution in [0.2, 0.25) is 0 Å². The van der Waals surface area contributed by atoms with Gasteiger partial charge in [-0.05, 0) is 42.3 Å². The van der Waals surface area contributed by atoms with E-state index in [0.29, 0.717) is 11.7 Å². The number of rotatable bonds is 7. The van der Waals surface area contributed by atoms with E-state index in [1.165, 1.54) is 23.5 Å². The number of anilines is 1. The Morgan fingerprint density at radius 1 is 1.39 bits per heavy atom. The summed E-state index contributed by atoms with van der Waals surface area (Å²) in [4.78, 5) is 10.8. The fourth-order valence-electron chi connectivity index (χ4n) is 3.55. The van der Waals surface area contributed by atoms with Gasteiger partial charge in [0, 0.05) is 25.2 Å². The predicted molar refractivity (Wildman–Crippen MR) is 96.3 cm³/mol. The molecule has 3 N–H and O–H groups in total. The molecule has 3 rings (SSSR count). The van der Waals surface area contributed by atoms with E-state index in [1.807, 2.05) is 11.8 Å². The van der Waals surface area contributed by atoms with Crippen molar-refractivity contribution in [2.45, 2.75) is 32.3 Å². The number of likely N-dealkylation sites (tertiary alicyclic amines) is 1. The molecule has 0 bridgehead atoms. The molecule has 23 heavy (non-hydrogen) atoms. The van der Waals surface area contributed by atoms with E-state index in [9.17, 15) is 5.11 Å². The SMILES string of the molecule is CCSCCCC1CN(CC2=CCc3c(N)ncnc32)C[C@@H]1O. The molecule has 126 valence electrons. The molecule has 2 atom stereocenters. The van der Waals surface area contributed by atoms with E-state index in [1.54, 1.807) is 6.33 Å². The van der Waals surface area contributed by atoms with E-state index in [4.69, 9.17) is 5.73 Å². The van der Waals surface area contributed by atoms with Crippen LogP contribution in [0.3, 0.4) is 0 Å². The maximum absolute atomic E-state index is 10.3. The smallest absolute Gasteiger partial charge is 0.130 e. The second-order valence-electron chi connectivity index (χ2n) is 6.38. The third-order valence-electron chi connectivity index (χ3n) is 4.78. The number of allylic oxidation sites excluding steroid dienone is 1. The number of hydrogen-bond donors (Lipinski definition) is 2. The monoisotopic (exact) mass is 334 g/mol. The molecular formula is C17H26N4OS. The lowest BCUT2D eigenvalue weighted by Crippen LogP contribution is -2.24. The number of β-amino-alcohol motifs (C(OH)–C–C–N with tert-alkyl or cyclic N) is 1. The molecule has 2 aliphatic rings. The van der Waals surface area contributed by atoms with E-state index >= 15 is 0 Å².